The molecule has 2 rings (SSSR count). The molecule has 2 atom stereocenters. The lowest BCUT2D eigenvalue weighted by Crippen LogP contribution is -2.49. The van der Waals surface area contributed by atoms with Gasteiger partial charge in [0.05, 0.1) is 18.2 Å². The average Bonchev–Trinajstić information content (AvgIpc) is 2.97. The van der Waals surface area contributed by atoms with Crippen LogP contribution in [0.2, 0.25) is 0 Å². The number of rotatable bonds is 5. The van der Waals surface area contributed by atoms with E-state index in [1.54, 1.807) is 11.3 Å². The summed E-state index contributed by atoms with van der Waals surface area (Å²) in [6.07, 6.45) is 2.00. The van der Waals surface area contributed by atoms with E-state index in [2.05, 4.69) is 10.2 Å². The van der Waals surface area contributed by atoms with Crippen LogP contribution < -0.4 is 5.32 Å². The summed E-state index contributed by atoms with van der Waals surface area (Å²) >= 11 is 1.65. The summed E-state index contributed by atoms with van der Waals surface area (Å²) in [4.78, 5) is 15.4. The average molecular weight is 296 g/mol. The lowest BCUT2D eigenvalue weighted by Gasteiger charge is -2.33. The molecule has 1 aliphatic heterocycles. The molecule has 1 saturated heterocycles. The Labute approximate surface area is 124 Å². The van der Waals surface area contributed by atoms with Crippen molar-refractivity contribution in [1.82, 2.24) is 10.2 Å². The number of amides is 1. The maximum Gasteiger partial charge on any atom is 0.234 e. The van der Waals surface area contributed by atoms with E-state index in [0.29, 0.717) is 6.54 Å². The van der Waals surface area contributed by atoms with Crippen molar-refractivity contribution < 1.29 is 9.90 Å². The van der Waals surface area contributed by atoms with E-state index in [9.17, 15) is 9.90 Å². The molecular formula is C15H24N2O2S. The van der Waals surface area contributed by atoms with E-state index < -0.39 is 5.60 Å². The van der Waals surface area contributed by atoms with Gasteiger partial charge >= 0.3 is 0 Å². The Kier molecular flexibility index (Phi) is 4.83. The van der Waals surface area contributed by atoms with E-state index in [-0.39, 0.29) is 18.0 Å². The summed E-state index contributed by atoms with van der Waals surface area (Å²) in [7, 11) is 0. The van der Waals surface area contributed by atoms with Gasteiger partial charge in [-0.2, -0.15) is 0 Å². The molecule has 5 heteroatoms. The third-order valence-corrected chi connectivity index (χ3v) is 4.93. The molecule has 1 aromatic rings. The summed E-state index contributed by atoms with van der Waals surface area (Å²) in [5.41, 5.74) is -0.754. The fraction of sp³-hybridized carbons (Fsp3) is 0.667. The van der Waals surface area contributed by atoms with Crippen LogP contribution in [0.1, 0.15) is 44.5 Å². The molecule has 1 aliphatic rings. The van der Waals surface area contributed by atoms with Gasteiger partial charge in [0.1, 0.15) is 0 Å². The van der Waals surface area contributed by atoms with Gasteiger partial charge in [-0.3, -0.25) is 9.69 Å². The highest BCUT2D eigenvalue weighted by molar-refractivity contribution is 7.10. The van der Waals surface area contributed by atoms with Crippen molar-refractivity contribution in [2.24, 2.45) is 0 Å². The largest absolute Gasteiger partial charge is 0.389 e. The first kappa shape index (κ1) is 15.5. The van der Waals surface area contributed by atoms with Crippen molar-refractivity contribution in [2.75, 3.05) is 13.1 Å². The molecule has 1 amide bonds. The van der Waals surface area contributed by atoms with Gasteiger partial charge in [0, 0.05) is 10.9 Å². The van der Waals surface area contributed by atoms with Gasteiger partial charge in [0.25, 0.3) is 0 Å². The SMILES string of the molecule is CC(NC(=O)CN1CCCC1C(C)(C)O)c1cccs1. The highest BCUT2D eigenvalue weighted by Crippen LogP contribution is 2.26. The van der Waals surface area contributed by atoms with Gasteiger partial charge < -0.3 is 10.4 Å². The van der Waals surface area contributed by atoms with Crippen LogP contribution in [0.4, 0.5) is 0 Å². The maximum absolute atomic E-state index is 12.1. The van der Waals surface area contributed by atoms with E-state index in [4.69, 9.17) is 0 Å². The van der Waals surface area contributed by atoms with Gasteiger partial charge in [-0.15, -0.1) is 11.3 Å². The Morgan fingerprint density at radius 1 is 1.65 bits per heavy atom. The fourth-order valence-electron chi connectivity index (χ4n) is 2.90. The molecule has 112 valence electrons. The van der Waals surface area contributed by atoms with Gasteiger partial charge in [0.15, 0.2) is 0 Å². The molecule has 4 nitrogen and oxygen atoms in total. The normalized spacial score (nSPS) is 21.9. The van der Waals surface area contributed by atoms with Crippen LogP contribution in [0.25, 0.3) is 0 Å². The second-order valence-electron chi connectivity index (χ2n) is 6.09. The Hall–Kier alpha value is -0.910. The second kappa shape index (κ2) is 6.24. The van der Waals surface area contributed by atoms with Gasteiger partial charge in [-0.1, -0.05) is 6.07 Å². The Bertz CT molecular complexity index is 439. The van der Waals surface area contributed by atoms with Gasteiger partial charge in [0.2, 0.25) is 5.91 Å². The van der Waals surface area contributed by atoms with Crippen LogP contribution >= 0.6 is 11.3 Å². The molecule has 0 aromatic carbocycles. The number of thiophene rings is 1. The molecule has 2 N–H and O–H groups in total. The molecule has 1 aromatic heterocycles. The maximum atomic E-state index is 12.1. The first-order valence-corrected chi connectivity index (χ1v) is 8.05. The van der Waals surface area contributed by atoms with Crippen LogP contribution in [0, 0.1) is 0 Å². The lowest BCUT2D eigenvalue weighted by atomic mass is 9.97. The first-order valence-electron chi connectivity index (χ1n) is 7.17. The molecule has 1 fully saturated rings. The van der Waals surface area contributed by atoms with E-state index in [1.165, 1.54) is 4.88 Å². The van der Waals surface area contributed by atoms with E-state index >= 15 is 0 Å². The molecule has 0 bridgehead atoms. The van der Waals surface area contributed by atoms with Crippen LogP contribution in [0.3, 0.4) is 0 Å². The molecule has 0 aliphatic carbocycles. The smallest absolute Gasteiger partial charge is 0.234 e. The lowest BCUT2D eigenvalue weighted by molar-refractivity contribution is -0.124. The number of nitrogens with one attached hydrogen (secondary N) is 1. The molecule has 2 unspecified atom stereocenters. The van der Waals surface area contributed by atoms with Crippen LogP contribution in [-0.2, 0) is 4.79 Å². The zero-order valence-corrected chi connectivity index (χ0v) is 13.2. The number of likely N-dealkylation sites (tertiary alicyclic amines) is 1. The number of nitrogens with zero attached hydrogens (tertiary/aromatic N) is 1. The topological polar surface area (TPSA) is 52.6 Å². The number of hydrogen-bond donors (Lipinski definition) is 2. The molecule has 0 spiro atoms. The van der Waals surface area contributed by atoms with Crippen molar-refractivity contribution in [3.8, 4) is 0 Å². The summed E-state index contributed by atoms with van der Waals surface area (Å²) < 4.78 is 0. The van der Waals surface area contributed by atoms with Crippen molar-refractivity contribution in [2.45, 2.75) is 51.3 Å². The number of hydrogen-bond acceptors (Lipinski definition) is 4. The summed E-state index contributed by atoms with van der Waals surface area (Å²) in [5, 5.41) is 15.2. The van der Waals surface area contributed by atoms with Crippen molar-refractivity contribution >= 4 is 17.2 Å². The quantitative estimate of drug-likeness (QED) is 0.875. The third kappa shape index (κ3) is 3.81. The predicted molar refractivity (Wildman–Crippen MR) is 81.8 cm³/mol. The standard InChI is InChI=1S/C15H24N2O2S/c1-11(12-6-5-9-20-12)16-14(18)10-17-8-4-7-13(17)15(2,3)19/h5-6,9,11,13,19H,4,7-8,10H2,1-3H3,(H,16,18). The fourth-order valence-corrected chi connectivity index (χ4v) is 3.63. The van der Waals surface area contributed by atoms with Crippen LogP contribution in [0.15, 0.2) is 17.5 Å². The monoisotopic (exact) mass is 296 g/mol. The minimum absolute atomic E-state index is 0.0297. The van der Waals surface area contributed by atoms with Crippen LogP contribution in [-0.4, -0.2) is 40.6 Å². The zero-order valence-electron chi connectivity index (χ0n) is 12.4. The second-order valence-corrected chi connectivity index (χ2v) is 7.07. The Morgan fingerprint density at radius 3 is 3.00 bits per heavy atom. The Morgan fingerprint density at radius 2 is 2.40 bits per heavy atom. The third-order valence-electron chi connectivity index (χ3n) is 3.87. The van der Waals surface area contributed by atoms with Crippen molar-refractivity contribution in [3.05, 3.63) is 22.4 Å². The van der Waals surface area contributed by atoms with E-state index in [1.807, 2.05) is 38.3 Å². The minimum Gasteiger partial charge on any atom is -0.389 e. The molecular weight excluding hydrogens is 272 g/mol. The molecule has 0 radical (unpaired) electrons. The van der Waals surface area contributed by atoms with Gasteiger partial charge in [-0.25, -0.2) is 0 Å². The van der Waals surface area contributed by atoms with Crippen LogP contribution in [0.5, 0.6) is 0 Å². The zero-order chi connectivity index (χ0) is 14.8. The van der Waals surface area contributed by atoms with Crippen molar-refractivity contribution in [1.29, 1.82) is 0 Å². The molecule has 20 heavy (non-hydrogen) atoms. The summed E-state index contributed by atoms with van der Waals surface area (Å²) in [6, 6.07) is 4.15. The summed E-state index contributed by atoms with van der Waals surface area (Å²) in [5.74, 6) is 0.0297. The number of carbonyl (C=O) groups excluding carboxylic acids is 1. The molecule has 0 saturated carbocycles. The highest BCUT2D eigenvalue weighted by atomic mass is 32.1. The molecule has 2 heterocycles. The predicted octanol–water partition coefficient (Wildman–Crippen LogP) is 2.16. The Balaban J connectivity index is 1.88. The van der Waals surface area contributed by atoms with Crippen molar-refractivity contribution in [3.63, 3.8) is 0 Å². The minimum atomic E-state index is -0.754. The summed E-state index contributed by atoms with van der Waals surface area (Å²) in [6.45, 7) is 6.89. The number of aliphatic hydroxyl groups is 1. The van der Waals surface area contributed by atoms with E-state index in [0.717, 1.165) is 19.4 Å². The number of carbonyl (C=O) groups is 1. The van der Waals surface area contributed by atoms with Gasteiger partial charge in [-0.05, 0) is 51.6 Å². The highest BCUT2D eigenvalue weighted by Gasteiger charge is 2.36. The first-order chi connectivity index (χ1) is 9.38.